The molecule has 100 valence electrons. The van der Waals surface area contributed by atoms with Crippen LogP contribution in [0.2, 0.25) is 0 Å². The molecule has 1 saturated heterocycles. The van der Waals surface area contributed by atoms with Gasteiger partial charge in [-0.1, -0.05) is 13.0 Å². The van der Waals surface area contributed by atoms with E-state index in [1.54, 1.807) is 7.11 Å². The average Bonchev–Trinajstić information content (AvgIpc) is 2.39. The van der Waals surface area contributed by atoms with E-state index in [0.29, 0.717) is 5.41 Å². The molecule has 0 atom stereocenters. The summed E-state index contributed by atoms with van der Waals surface area (Å²) in [6, 6.07) is 8.29. The minimum absolute atomic E-state index is 0.420. The maximum Gasteiger partial charge on any atom is 0.120 e. The van der Waals surface area contributed by atoms with Crippen LogP contribution in [0.25, 0.3) is 0 Å². The van der Waals surface area contributed by atoms with Gasteiger partial charge in [0.25, 0.3) is 0 Å². The lowest BCUT2D eigenvalue weighted by Gasteiger charge is -2.38. The first-order valence-electron chi connectivity index (χ1n) is 6.69. The molecule has 1 aliphatic heterocycles. The third-order valence-electron chi connectivity index (χ3n) is 3.92. The standard InChI is InChI=1S/C15H24N2O/c1-15(7-9-16-10-8-15)12-17(2)13-5-4-6-14(11-13)18-3/h4-6,11,16H,7-10,12H2,1-3H3. The fourth-order valence-electron chi connectivity index (χ4n) is 2.70. The van der Waals surface area contributed by atoms with Gasteiger partial charge in [0.15, 0.2) is 0 Å². The molecule has 0 aromatic heterocycles. The summed E-state index contributed by atoms with van der Waals surface area (Å²) >= 11 is 0. The van der Waals surface area contributed by atoms with Crippen molar-refractivity contribution >= 4 is 5.69 Å². The number of methoxy groups -OCH3 is 1. The number of piperidine rings is 1. The van der Waals surface area contributed by atoms with Gasteiger partial charge in [0.05, 0.1) is 7.11 Å². The Bertz CT molecular complexity index is 386. The summed E-state index contributed by atoms with van der Waals surface area (Å²) in [7, 11) is 3.88. The molecule has 2 rings (SSSR count). The van der Waals surface area contributed by atoms with E-state index < -0.39 is 0 Å². The summed E-state index contributed by atoms with van der Waals surface area (Å²) in [4.78, 5) is 2.34. The predicted molar refractivity (Wildman–Crippen MR) is 76.5 cm³/mol. The Balaban J connectivity index is 2.03. The molecule has 0 radical (unpaired) electrons. The Kier molecular flexibility index (Phi) is 4.12. The van der Waals surface area contributed by atoms with Crippen molar-refractivity contribution in [3.63, 3.8) is 0 Å². The van der Waals surface area contributed by atoms with Gasteiger partial charge in [-0.15, -0.1) is 0 Å². The Morgan fingerprint density at radius 1 is 1.33 bits per heavy atom. The van der Waals surface area contributed by atoms with Crippen LogP contribution in [0, 0.1) is 5.41 Å². The molecule has 1 fully saturated rings. The van der Waals surface area contributed by atoms with Crippen molar-refractivity contribution in [2.24, 2.45) is 5.41 Å². The van der Waals surface area contributed by atoms with Crippen molar-refractivity contribution < 1.29 is 4.74 Å². The summed E-state index contributed by atoms with van der Waals surface area (Å²) in [5, 5.41) is 3.43. The molecular formula is C15H24N2O. The van der Waals surface area contributed by atoms with Crippen molar-refractivity contribution in [3.05, 3.63) is 24.3 Å². The minimum Gasteiger partial charge on any atom is -0.497 e. The zero-order valence-electron chi connectivity index (χ0n) is 11.7. The van der Waals surface area contributed by atoms with Crippen molar-refractivity contribution in [1.29, 1.82) is 0 Å². The number of nitrogens with one attached hydrogen (secondary N) is 1. The smallest absolute Gasteiger partial charge is 0.120 e. The topological polar surface area (TPSA) is 24.5 Å². The lowest BCUT2D eigenvalue weighted by atomic mass is 9.80. The van der Waals surface area contributed by atoms with E-state index in [0.717, 1.165) is 25.4 Å². The number of benzene rings is 1. The summed E-state index contributed by atoms with van der Waals surface area (Å²) < 4.78 is 5.28. The molecule has 0 bridgehead atoms. The second-order valence-electron chi connectivity index (χ2n) is 5.62. The first-order chi connectivity index (χ1) is 8.63. The highest BCUT2D eigenvalue weighted by Crippen LogP contribution is 2.31. The Morgan fingerprint density at radius 2 is 2.06 bits per heavy atom. The van der Waals surface area contributed by atoms with E-state index in [2.05, 4.69) is 42.4 Å². The molecule has 1 aliphatic rings. The summed E-state index contributed by atoms with van der Waals surface area (Å²) in [6.45, 7) is 5.78. The van der Waals surface area contributed by atoms with Gasteiger partial charge in [-0.05, 0) is 43.5 Å². The molecule has 1 heterocycles. The summed E-state index contributed by atoms with van der Waals surface area (Å²) in [5.74, 6) is 0.926. The largest absolute Gasteiger partial charge is 0.497 e. The summed E-state index contributed by atoms with van der Waals surface area (Å²) in [6.07, 6.45) is 2.50. The molecule has 1 N–H and O–H groups in total. The highest BCUT2D eigenvalue weighted by molar-refractivity contribution is 5.50. The number of hydrogen-bond acceptors (Lipinski definition) is 3. The highest BCUT2D eigenvalue weighted by Gasteiger charge is 2.28. The lowest BCUT2D eigenvalue weighted by Crippen LogP contribution is -2.42. The normalized spacial score (nSPS) is 18.4. The van der Waals surface area contributed by atoms with E-state index >= 15 is 0 Å². The Hall–Kier alpha value is -1.22. The van der Waals surface area contributed by atoms with Gasteiger partial charge < -0.3 is 15.0 Å². The number of nitrogens with zero attached hydrogens (tertiary/aromatic N) is 1. The molecule has 3 nitrogen and oxygen atoms in total. The van der Waals surface area contributed by atoms with Crippen LogP contribution in [-0.4, -0.2) is 33.8 Å². The maximum atomic E-state index is 5.28. The summed E-state index contributed by atoms with van der Waals surface area (Å²) in [5.41, 5.74) is 1.65. The first-order valence-corrected chi connectivity index (χ1v) is 6.69. The van der Waals surface area contributed by atoms with Crippen LogP contribution in [-0.2, 0) is 0 Å². The lowest BCUT2D eigenvalue weighted by molar-refractivity contribution is 0.237. The molecule has 0 aliphatic carbocycles. The molecule has 0 amide bonds. The second kappa shape index (κ2) is 5.61. The molecule has 18 heavy (non-hydrogen) atoms. The van der Waals surface area contributed by atoms with Crippen LogP contribution in [0.5, 0.6) is 5.75 Å². The molecule has 1 aromatic rings. The third-order valence-corrected chi connectivity index (χ3v) is 3.92. The van der Waals surface area contributed by atoms with Gasteiger partial charge in [-0.25, -0.2) is 0 Å². The van der Waals surface area contributed by atoms with E-state index in [-0.39, 0.29) is 0 Å². The highest BCUT2D eigenvalue weighted by atomic mass is 16.5. The van der Waals surface area contributed by atoms with Gasteiger partial charge >= 0.3 is 0 Å². The van der Waals surface area contributed by atoms with E-state index in [9.17, 15) is 0 Å². The van der Waals surface area contributed by atoms with E-state index in [1.807, 2.05) is 6.07 Å². The number of rotatable bonds is 4. The van der Waals surface area contributed by atoms with Crippen molar-refractivity contribution in [3.8, 4) is 5.75 Å². The monoisotopic (exact) mass is 248 g/mol. The fraction of sp³-hybridized carbons (Fsp3) is 0.600. The van der Waals surface area contributed by atoms with Crippen LogP contribution < -0.4 is 15.0 Å². The third kappa shape index (κ3) is 3.16. The van der Waals surface area contributed by atoms with Crippen molar-refractivity contribution in [1.82, 2.24) is 5.32 Å². The molecule has 3 heteroatoms. The van der Waals surface area contributed by atoms with Crippen LogP contribution in [0.1, 0.15) is 19.8 Å². The predicted octanol–water partition coefficient (Wildman–Crippen LogP) is 2.52. The van der Waals surface area contributed by atoms with Gasteiger partial charge in [-0.2, -0.15) is 0 Å². The zero-order valence-corrected chi connectivity index (χ0v) is 11.7. The Labute approximate surface area is 110 Å². The van der Waals surface area contributed by atoms with E-state index in [4.69, 9.17) is 4.74 Å². The molecular weight excluding hydrogens is 224 g/mol. The SMILES string of the molecule is COc1cccc(N(C)CC2(C)CCNCC2)c1. The number of ether oxygens (including phenoxy) is 1. The fourth-order valence-corrected chi connectivity index (χ4v) is 2.70. The van der Waals surface area contributed by atoms with Gasteiger partial charge in [0.1, 0.15) is 5.75 Å². The number of hydrogen-bond donors (Lipinski definition) is 1. The van der Waals surface area contributed by atoms with Crippen LogP contribution in [0.15, 0.2) is 24.3 Å². The van der Waals surface area contributed by atoms with Gasteiger partial charge in [-0.3, -0.25) is 0 Å². The van der Waals surface area contributed by atoms with Gasteiger partial charge in [0, 0.05) is 25.3 Å². The Morgan fingerprint density at radius 3 is 2.72 bits per heavy atom. The van der Waals surface area contributed by atoms with Crippen LogP contribution in [0.4, 0.5) is 5.69 Å². The van der Waals surface area contributed by atoms with Gasteiger partial charge in [0.2, 0.25) is 0 Å². The molecule has 1 aromatic carbocycles. The minimum atomic E-state index is 0.420. The second-order valence-corrected chi connectivity index (χ2v) is 5.62. The average molecular weight is 248 g/mol. The zero-order chi connectivity index (χ0) is 13.0. The first kappa shape index (κ1) is 13.2. The molecule has 0 spiro atoms. The molecule has 0 saturated carbocycles. The number of anilines is 1. The van der Waals surface area contributed by atoms with Crippen LogP contribution in [0.3, 0.4) is 0 Å². The van der Waals surface area contributed by atoms with Crippen molar-refractivity contribution in [2.45, 2.75) is 19.8 Å². The van der Waals surface area contributed by atoms with E-state index in [1.165, 1.54) is 18.5 Å². The van der Waals surface area contributed by atoms with Crippen LogP contribution >= 0.6 is 0 Å². The maximum absolute atomic E-state index is 5.28. The quantitative estimate of drug-likeness (QED) is 0.886. The van der Waals surface area contributed by atoms with Crippen molar-refractivity contribution in [2.75, 3.05) is 38.7 Å². The molecule has 0 unspecified atom stereocenters.